The molecule has 2 rings (SSSR count). The first-order chi connectivity index (χ1) is 9.64. The summed E-state index contributed by atoms with van der Waals surface area (Å²) in [5.74, 6) is 0.717. The summed E-state index contributed by atoms with van der Waals surface area (Å²) in [4.78, 5) is 11.4. The maximum atomic E-state index is 11.4. The fourth-order valence-electron chi connectivity index (χ4n) is 2.02. The van der Waals surface area contributed by atoms with Gasteiger partial charge < -0.3 is 4.43 Å². The molecule has 2 aromatic rings. The van der Waals surface area contributed by atoms with Crippen LogP contribution >= 0.6 is 0 Å². The van der Waals surface area contributed by atoms with Crippen molar-refractivity contribution in [1.29, 1.82) is 0 Å². The average Bonchev–Trinajstić information content (AvgIpc) is 2.36. The van der Waals surface area contributed by atoms with Gasteiger partial charge in [-0.3, -0.25) is 4.79 Å². The van der Waals surface area contributed by atoms with Crippen molar-refractivity contribution in [3.05, 3.63) is 41.5 Å². The van der Waals surface area contributed by atoms with Crippen LogP contribution in [0.2, 0.25) is 18.1 Å². The van der Waals surface area contributed by atoms with Gasteiger partial charge in [0.25, 0.3) is 8.32 Å². The smallest absolute Gasteiger partial charge is 0.250 e. The van der Waals surface area contributed by atoms with Gasteiger partial charge in [-0.15, -0.1) is 0 Å². The molecule has 2 nitrogen and oxygen atoms in total. The topological polar surface area (TPSA) is 26.3 Å². The summed E-state index contributed by atoms with van der Waals surface area (Å²) in [5.41, 5.74) is 1.84. The van der Waals surface area contributed by atoms with E-state index in [1.165, 1.54) is 5.56 Å². The Morgan fingerprint density at radius 3 is 2.29 bits per heavy atom. The maximum Gasteiger partial charge on any atom is 0.250 e. The zero-order chi connectivity index (χ0) is 15.8. The zero-order valence-corrected chi connectivity index (χ0v) is 14.8. The quantitative estimate of drug-likeness (QED) is 0.564. The summed E-state index contributed by atoms with van der Waals surface area (Å²) < 4.78 is 6.34. The van der Waals surface area contributed by atoms with Crippen LogP contribution in [0.5, 0.6) is 5.75 Å². The van der Waals surface area contributed by atoms with Crippen molar-refractivity contribution in [3.63, 3.8) is 0 Å². The van der Waals surface area contributed by atoms with Gasteiger partial charge in [-0.05, 0) is 48.0 Å². The van der Waals surface area contributed by atoms with Gasteiger partial charge in [0.15, 0.2) is 6.29 Å². The fraction of sp³-hybridized carbons (Fsp3) is 0.389. The molecule has 0 saturated carbocycles. The first-order valence-corrected chi connectivity index (χ1v) is 10.2. The predicted octanol–water partition coefficient (Wildman–Crippen LogP) is 5.34. The molecule has 0 aromatic heterocycles. The molecule has 0 aliphatic rings. The normalized spacial score (nSPS) is 12.5. The van der Waals surface area contributed by atoms with E-state index in [4.69, 9.17) is 4.43 Å². The Hall–Kier alpha value is -1.61. The molecule has 0 radical (unpaired) electrons. The van der Waals surface area contributed by atoms with Crippen molar-refractivity contribution >= 4 is 25.4 Å². The molecule has 0 saturated heterocycles. The highest BCUT2D eigenvalue weighted by atomic mass is 28.4. The molecule has 0 amide bonds. The Bertz CT molecular complexity index is 681. The lowest BCUT2D eigenvalue weighted by molar-refractivity contribution is 0.112. The van der Waals surface area contributed by atoms with E-state index in [2.05, 4.69) is 52.9 Å². The van der Waals surface area contributed by atoms with Gasteiger partial charge in [0.1, 0.15) is 5.75 Å². The Morgan fingerprint density at radius 1 is 1.05 bits per heavy atom. The van der Waals surface area contributed by atoms with Crippen molar-refractivity contribution in [2.45, 2.75) is 45.8 Å². The lowest BCUT2D eigenvalue weighted by Crippen LogP contribution is -2.44. The Kier molecular flexibility index (Phi) is 3.98. The standard InChI is InChI=1S/C18H24O2Si/c1-13-7-8-14-10-16(12-19)17(11-15(14)9-13)20-21(5,6)18(2,3)4/h7-12H,1-6H3. The Labute approximate surface area is 128 Å². The number of carbonyl (C=O) groups is 1. The fourth-order valence-corrected chi connectivity index (χ4v) is 3.06. The molecule has 0 aliphatic heterocycles. The summed E-state index contributed by atoms with van der Waals surface area (Å²) in [7, 11) is -1.95. The van der Waals surface area contributed by atoms with Crippen molar-refractivity contribution in [3.8, 4) is 5.75 Å². The van der Waals surface area contributed by atoms with Gasteiger partial charge >= 0.3 is 0 Å². The van der Waals surface area contributed by atoms with Crippen molar-refractivity contribution < 1.29 is 9.22 Å². The molecule has 0 N–H and O–H groups in total. The molecular weight excluding hydrogens is 276 g/mol. The minimum absolute atomic E-state index is 0.106. The number of hydrogen-bond acceptors (Lipinski definition) is 2. The number of aryl methyl sites for hydroxylation is 1. The number of rotatable bonds is 3. The van der Waals surface area contributed by atoms with Crippen molar-refractivity contribution in [2.75, 3.05) is 0 Å². The summed E-state index contributed by atoms with van der Waals surface area (Å²) in [5, 5.41) is 2.30. The number of fused-ring (bicyclic) bond motifs is 1. The predicted molar refractivity (Wildman–Crippen MR) is 91.9 cm³/mol. The number of carbonyl (C=O) groups excluding carboxylic acids is 1. The van der Waals surface area contributed by atoms with Crippen LogP contribution in [0.4, 0.5) is 0 Å². The molecule has 0 heterocycles. The lowest BCUT2D eigenvalue weighted by Gasteiger charge is -2.36. The Balaban J connectivity index is 2.54. The molecule has 0 atom stereocenters. The molecular formula is C18H24O2Si. The van der Waals surface area contributed by atoms with Crippen LogP contribution in [0, 0.1) is 6.92 Å². The molecule has 0 fully saturated rings. The van der Waals surface area contributed by atoms with Gasteiger partial charge in [0.05, 0.1) is 5.56 Å². The second kappa shape index (κ2) is 5.30. The Morgan fingerprint density at radius 2 is 1.71 bits per heavy atom. The van der Waals surface area contributed by atoms with E-state index < -0.39 is 8.32 Å². The first-order valence-electron chi connectivity index (χ1n) is 7.33. The summed E-state index contributed by atoms with van der Waals surface area (Å²) in [6.45, 7) is 13.1. The second-order valence-electron chi connectivity index (χ2n) is 7.22. The van der Waals surface area contributed by atoms with Crippen LogP contribution in [0.25, 0.3) is 10.8 Å². The van der Waals surface area contributed by atoms with Gasteiger partial charge in [-0.25, -0.2) is 0 Å². The summed E-state index contributed by atoms with van der Waals surface area (Å²) >= 11 is 0. The first kappa shape index (κ1) is 15.8. The highest BCUT2D eigenvalue weighted by molar-refractivity contribution is 6.74. The minimum Gasteiger partial charge on any atom is -0.543 e. The van der Waals surface area contributed by atoms with Crippen LogP contribution < -0.4 is 4.43 Å². The molecule has 0 spiro atoms. The SMILES string of the molecule is Cc1ccc2cc(C=O)c(O[Si](C)(C)C(C)(C)C)cc2c1. The third kappa shape index (κ3) is 3.18. The third-order valence-electron chi connectivity index (χ3n) is 4.42. The van der Waals surface area contributed by atoms with E-state index in [9.17, 15) is 4.79 Å². The zero-order valence-electron chi connectivity index (χ0n) is 13.8. The molecule has 0 bridgehead atoms. The van der Waals surface area contributed by atoms with Gasteiger partial charge in [0.2, 0.25) is 0 Å². The van der Waals surface area contributed by atoms with E-state index in [1.807, 2.05) is 18.2 Å². The summed E-state index contributed by atoms with van der Waals surface area (Å²) in [6.07, 6.45) is 0.891. The molecule has 0 unspecified atom stereocenters. The van der Waals surface area contributed by atoms with E-state index in [0.29, 0.717) is 5.56 Å². The molecule has 3 heteroatoms. The third-order valence-corrected chi connectivity index (χ3v) is 8.77. The molecule has 21 heavy (non-hydrogen) atoms. The van der Waals surface area contributed by atoms with Crippen LogP contribution in [0.3, 0.4) is 0 Å². The number of aldehydes is 1. The van der Waals surface area contributed by atoms with Gasteiger partial charge in [0, 0.05) is 0 Å². The molecule has 112 valence electrons. The number of hydrogen-bond donors (Lipinski definition) is 0. The maximum absolute atomic E-state index is 11.4. The number of benzene rings is 2. The highest BCUT2D eigenvalue weighted by Crippen LogP contribution is 2.38. The minimum atomic E-state index is -1.95. The van der Waals surface area contributed by atoms with Crippen LogP contribution in [0.15, 0.2) is 30.3 Å². The van der Waals surface area contributed by atoms with Crippen LogP contribution in [-0.4, -0.2) is 14.6 Å². The second-order valence-corrected chi connectivity index (χ2v) is 11.9. The van der Waals surface area contributed by atoms with E-state index >= 15 is 0 Å². The monoisotopic (exact) mass is 300 g/mol. The van der Waals surface area contributed by atoms with Crippen molar-refractivity contribution in [2.24, 2.45) is 0 Å². The van der Waals surface area contributed by atoms with Crippen molar-refractivity contribution in [1.82, 2.24) is 0 Å². The van der Waals surface area contributed by atoms with E-state index in [-0.39, 0.29) is 5.04 Å². The lowest BCUT2D eigenvalue weighted by atomic mass is 10.0. The largest absolute Gasteiger partial charge is 0.543 e. The highest BCUT2D eigenvalue weighted by Gasteiger charge is 2.39. The van der Waals surface area contributed by atoms with E-state index in [1.54, 1.807) is 0 Å². The van der Waals surface area contributed by atoms with E-state index in [0.717, 1.165) is 22.8 Å². The van der Waals surface area contributed by atoms with Crippen LogP contribution in [-0.2, 0) is 0 Å². The van der Waals surface area contributed by atoms with Gasteiger partial charge in [-0.2, -0.15) is 0 Å². The average molecular weight is 300 g/mol. The molecule has 2 aromatic carbocycles. The summed E-state index contributed by atoms with van der Waals surface area (Å²) in [6, 6.07) is 10.2. The van der Waals surface area contributed by atoms with Crippen LogP contribution in [0.1, 0.15) is 36.7 Å². The molecule has 0 aliphatic carbocycles. The van der Waals surface area contributed by atoms with Gasteiger partial charge in [-0.1, -0.05) is 44.5 Å².